The van der Waals surface area contributed by atoms with Crippen LogP contribution in [0, 0.1) is 20.8 Å². The third-order valence-electron chi connectivity index (χ3n) is 3.82. The molecule has 0 bridgehead atoms. The van der Waals surface area contributed by atoms with Crippen LogP contribution in [0.1, 0.15) is 27.8 Å². The number of nitrogens with zero attached hydrogens (tertiary/aromatic N) is 1. The highest BCUT2D eigenvalue weighted by Crippen LogP contribution is 2.18. The van der Waals surface area contributed by atoms with E-state index >= 15 is 0 Å². The molecule has 0 aliphatic heterocycles. The quantitative estimate of drug-likeness (QED) is 0.474. The summed E-state index contributed by atoms with van der Waals surface area (Å²) in [6, 6.07) is 11.8. The van der Waals surface area contributed by atoms with Gasteiger partial charge in [0.05, 0.1) is 6.21 Å². The van der Waals surface area contributed by atoms with E-state index in [2.05, 4.69) is 36.2 Å². The van der Waals surface area contributed by atoms with Gasteiger partial charge in [-0.1, -0.05) is 42.0 Å². The van der Waals surface area contributed by atoms with E-state index in [4.69, 9.17) is 4.74 Å². The number of carbonyl (C=O) groups is 1. The van der Waals surface area contributed by atoms with Gasteiger partial charge in [0.1, 0.15) is 5.75 Å². The van der Waals surface area contributed by atoms with E-state index < -0.39 is 0 Å². The van der Waals surface area contributed by atoms with Crippen LogP contribution in [0.2, 0.25) is 0 Å². The minimum Gasteiger partial charge on any atom is -0.483 e. The molecule has 0 atom stereocenters. The summed E-state index contributed by atoms with van der Waals surface area (Å²) in [5.74, 6) is 0.388. The molecule has 0 unspecified atom stereocenters. The summed E-state index contributed by atoms with van der Waals surface area (Å²) < 4.78 is 5.58. The summed E-state index contributed by atoms with van der Waals surface area (Å²) in [5.41, 5.74) is 7.99. The largest absolute Gasteiger partial charge is 0.483 e. The van der Waals surface area contributed by atoms with Gasteiger partial charge in [0.15, 0.2) is 6.61 Å². The number of aryl methyl sites for hydroxylation is 3. The Morgan fingerprint density at radius 2 is 1.88 bits per heavy atom. The fourth-order valence-corrected chi connectivity index (χ4v) is 2.71. The molecule has 0 fully saturated rings. The summed E-state index contributed by atoms with van der Waals surface area (Å²) >= 11 is 0. The summed E-state index contributed by atoms with van der Waals surface area (Å²) in [6.45, 7) is 9.76. The zero-order chi connectivity index (χ0) is 18.2. The molecule has 25 heavy (non-hydrogen) atoms. The number of hydrogen-bond acceptors (Lipinski definition) is 3. The lowest BCUT2D eigenvalue weighted by Gasteiger charge is -2.09. The SMILES string of the molecule is C=CCc1ccccc1OCC(=O)N/N=C\c1c(C)cc(C)cc1C. The molecule has 2 aromatic rings. The molecule has 130 valence electrons. The molecule has 2 aromatic carbocycles. The predicted octanol–water partition coefficient (Wildman–Crippen LogP) is 3.87. The van der Waals surface area contributed by atoms with Gasteiger partial charge >= 0.3 is 0 Å². The molecule has 0 saturated carbocycles. The Hall–Kier alpha value is -2.88. The number of nitrogens with one attached hydrogen (secondary N) is 1. The van der Waals surface area contributed by atoms with Crippen LogP contribution < -0.4 is 10.2 Å². The van der Waals surface area contributed by atoms with Crippen LogP contribution >= 0.6 is 0 Å². The van der Waals surface area contributed by atoms with Crippen molar-refractivity contribution in [1.29, 1.82) is 0 Å². The van der Waals surface area contributed by atoms with E-state index in [1.165, 1.54) is 5.56 Å². The van der Waals surface area contributed by atoms with Crippen molar-refractivity contribution in [3.8, 4) is 5.75 Å². The first kappa shape index (κ1) is 18.5. The van der Waals surface area contributed by atoms with Crippen molar-refractivity contribution >= 4 is 12.1 Å². The number of benzene rings is 2. The maximum absolute atomic E-state index is 11.9. The minimum atomic E-state index is -0.299. The highest BCUT2D eigenvalue weighted by atomic mass is 16.5. The molecule has 0 spiro atoms. The fourth-order valence-electron chi connectivity index (χ4n) is 2.71. The van der Waals surface area contributed by atoms with Gasteiger partial charge < -0.3 is 4.74 Å². The number of rotatable bonds is 7. The molecule has 0 saturated heterocycles. The number of carbonyl (C=O) groups excluding carboxylic acids is 1. The third kappa shape index (κ3) is 5.31. The Morgan fingerprint density at radius 1 is 1.20 bits per heavy atom. The van der Waals surface area contributed by atoms with Crippen molar-refractivity contribution in [2.75, 3.05) is 6.61 Å². The van der Waals surface area contributed by atoms with Gasteiger partial charge in [-0.15, -0.1) is 6.58 Å². The molecule has 0 aliphatic rings. The van der Waals surface area contributed by atoms with Gasteiger partial charge in [0.2, 0.25) is 0 Å². The normalized spacial score (nSPS) is 10.7. The van der Waals surface area contributed by atoms with Crippen LogP contribution in [-0.4, -0.2) is 18.7 Å². The predicted molar refractivity (Wildman–Crippen MR) is 102 cm³/mol. The number of amides is 1. The van der Waals surface area contributed by atoms with Crippen LogP contribution in [0.3, 0.4) is 0 Å². The van der Waals surface area contributed by atoms with Crippen molar-refractivity contribution in [1.82, 2.24) is 5.43 Å². The molecule has 4 heteroatoms. The highest BCUT2D eigenvalue weighted by molar-refractivity contribution is 5.85. The van der Waals surface area contributed by atoms with Crippen molar-refractivity contribution in [3.05, 3.63) is 76.9 Å². The molecule has 0 aliphatic carbocycles. The Kier molecular flexibility index (Phi) is 6.52. The first-order valence-corrected chi connectivity index (χ1v) is 8.22. The van der Waals surface area contributed by atoms with E-state index in [-0.39, 0.29) is 12.5 Å². The van der Waals surface area contributed by atoms with Crippen LogP contribution in [0.4, 0.5) is 0 Å². The van der Waals surface area contributed by atoms with Crippen LogP contribution in [0.15, 0.2) is 54.2 Å². The molecule has 4 nitrogen and oxygen atoms in total. The third-order valence-corrected chi connectivity index (χ3v) is 3.82. The average Bonchev–Trinajstić information content (AvgIpc) is 2.56. The Morgan fingerprint density at radius 3 is 2.56 bits per heavy atom. The summed E-state index contributed by atoms with van der Waals surface area (Å²) in [4.78, 5) is 11.9. The lowest BCUT2D eigenvalue weighted by Crippen LogP contribution is -2.25. The lowest BCUT2D eigenvalue weighted by molar-refractivity contribution is -0.123. The second kappa shape index (κ2) is 8.83. The van der Waals surface area contributed by atoms with Gasteiger partial charge in [-0.2, -0.15) is 5.10 Å². The Labute approximate surface area is 149 Å². The molecule has 0 heterocycles. The smallest absolute Gasteiger partial charge is 0.277 e. The first-order chi connectivity index (χ1) is 12.0. The summed E-state index contributed by atoms with van der Waals surface area (Å²) in [5, 5.41) is 4.04. The maximum Gasteiger partial charge on any atom is 0.277 e. The van der Waals surface area contributed by atoms with E-state index in [0.717, 1.165) is 22.3 Å². The molecule has 0 radical (unpaired) electrons. The van der Waals surface area contributed by atoms with E-state index in [0.29, 0.717) is 12.2 Å². The van der Waals surface area contributed by atoms with E-state index in [9.17, 15) is 4.79 Å². The summed E-state index contributed by atoms with van der Waals surface area (Å²) in [6.07, 6.45) is 4.17. The lowest BCUT2D eigenvalue weighted by atomic mass is 10.0. The topological polar surface area (TPSA) is 50.7 Å². The van der Waals surface area contributed by atoms with Gasteiger partial charge in [-0.05, 0) is 49.9 Å². The molecule has 1 amide bonds. The number of hydrogen-bond donors (Lipinski definition) is 1. The van der Waals surface area contributed by atoms with E-state index in [1.807, 2.05) is 38.1 Å². The Balaban J connectivity index is 1.92. The molecular weight excluding hydrogens is 312 g/mol. The Bertz CT molecular complexity index is 771. The number of ether oxygens (including phenoxy) is 1. The van der Waals surface area contributed by atoms with Gasteiger partial charge in [0, 0.05) is 5.56 Å². The maximum atomic E-state index is 11.9. The van der Waals surface area contributed by atoms with Gasteiger partial charge in [-0.25, -0.2) is 5.43 Å². The zero-order valence-electron chi connectivity index (χ0n) is 15.0. The van der Waals surface area contributed by atoms with Crippen molar-refractivity contribution in [3.63, 3.8) is 0 Å². The average molecular weight is 336 g/mol. The fraction of sp³-hybridized carbons (Fsp3) is 0.238. The standard InChI is InChI=1S/C21H24N2O2/c1-5-8-18-9-6-7-10-20(18)25-14-21(24)23-22-13-19-16(3)11-15(2)12-17(19)4/h5-7,9-13H,1,8,14H2,2-4H3,(H,23,24)/b22-13-. The molecule has 0 aromatic heterocycles. The van der Waals surface area contributed by atoms with Crippen LogP contribution in [-0.2, 0) is 11.2 Å². The molecule has 2 rings (SSSR count). The number of allylic oxidation sites excluding steroid dienone is 1. The van der Waals surface area contributed by atoms with Crippen LogP contribution in [0.5, 0.6) is 5.75 Å². The summed E-state index contributed by atoms with van der Waals surface area (Å²) in [7, 11) is 0. The van der Waals surface area contributed by atoms with Gasteiger partial charge in [-0.3, -0.25) is 4.79 Å². The van der Waals surface area contributed by atoms with Gasteiger partial charge in [0.25, 0.3) is 5.91 Å². The van der Waals surface area contributed by atoms with Crippen molar-refractivity contribution < 1.29 is 9.53 Å². The van der Waals surface area contributed by atoms with Crippen molar-refractivity contribution in [2.24, 2.45) is 5.10 Å². The van der Waals surface area contributed by atoms with E-state index in [1.54, 1.807) is 12.3 Å². The second-order valence-corrected chi connectivity index (χ2v) is 5.99. The molecular formula is C21H24N2O2. The number of hydrazone groups is 1. The zero-order valence-corrected chi connectivity index (χ0v) is 15.0. The number of para-hydroxylation sites is 1. The highest BCUT2D eigenvalue weighted by Gasteiger charge is 2.06. The monoisotopic (exact) mass is 336 g/mol. The first-order valence-electron chi connectivity index (χ1n) is 8.22. The van der Waals surface area contributed by atoms with Crippen LogP contribution in [0.25, 0.3) is 0 Å². The minimum absolute atomic E-state index is 0.0860. The second-order valence-electron chi connectivity index (χ2n) is 5.99. The molecule has 1 N–H and O–H groups in total. The van der Waals surface area contributed by atoms with Crippen molar-refractivity contribution in [2.45, 2.75) is 27.2 Å².